The van der Waals surface area contributed by atoms with Crippen LogP contribution in [0.2, 0.25) is 0 Å². The number of rotatable bonds is 7. The Kier molecular flexibility index (Phi) is 6.26. The van der Waals surface area contributed by atoms with E-state index in [2.05, 4.69) is 15.1 Å². The molecule has 1 unspecified atom stereocenters. The monoisotopic (exact) mass is 392 g/mol. The number of pyridine rings is 1. The van der Waals surface area contributed by atoms with Crippen LogP contribution in [0.15, 0.2) is 59.3 Å². The molecule has 0 spiro atoms. The molecule has 7 heteroatoms. The third kappa shape index (κ3) is 4.86. The summed E-state index contributed by atoms with van der Waals surface area (Å²) in [6.07, 6.45) is 4.99. The van der Waals surface area contributed by atoms with E-state index in [0.717, 1.165) is 24.8 Å². The molecule has 29 heavy (non-hydrogen) atoms. The number of likely N-dealkylation sites (tertiary alicyclic amines) is 1. The first-order valence-electron chi connectivity index (χ1n) is 9.97. The molecular weight excluding hydrogens is 368 g/mol. The van der Waals surface area contributed by atoms with E-state index in [1.807, 2.05) is 36.4 Å². The fraction of sp³-hybridized carbons (Fsp3) is 0.364. The van der Waals surface area contributed by atoms with Gasteiger partial charge in [-0.05, 0) is 37.0 Å². The second-order valence-corrected chi connectivity index (χ2v) is 7.06. The van der Waals surface area contributed by atoms with Crippen molar-refractivity contribution in [3.05, 3.63) is 77.7 Å². The maximum Gasteiger partial charge on any atom is 0.273 e. The van der Waals surface area contributed by atoms with Gasteiger partial charge in [-0.15, -0.1) is 0 Å². The molecule has 1 amide bonds. The number of ether oxygens (including phenoxy) is 1. The molecule has 150 valence electrons. The topological polar surface area (TPSA) is 81.4 Å². The van der Waals surface area contributed by atoms with Gasteiger partial charge in [0, 0.05) is 19.2 Å². The van der Waals surface area contributed by atoms with Crippen LogP contribution in [0.25, 0.3) is 0 Å². The van der Waals surface area contributed by atoms with Crippen LogP contribution in [-0.4, -0.2) is 39.1 Å². The third-order valence-corrected chi connectivity index (χ3v) is 5.00. The van der Waals surface area contributed by atoms with E-state index in [0.29, 0.717) is 43.6 Å². The van der Waals surface area contributed by atoms with Gasteiger partial charge in [-0.25, -0.2) is 0 Å². The number of carbonyl (C=O) groups is 1. The molecule has 4 rings (SSSR count). The molecule has 1 aliphatic rings. The maximum atomic E-state index is 12.9. The van der Waals surface area contributed by atoms with Crippen LogP contribution in [0.3, 0.4) is 0 Å². The van der Waals surface area contributed by atoms with Crippen molar-refractivity contribution in [1.82, 2.24) is 20.0 Å². The van der Waals surface area contributed by atoms with Crippen molar-refractivity contribution in [1.29, 1.82) is 0 Å². The zero-order chi connectivity index (χ0) is 19.9. The Balaban J connectivity index is 1.36. The number of piperidine rings is 1. The van der Waals surface area contributed by atoms with Crippen LogP contribution in [-0.2, 0) is 17.8 Å². The lowest BCUT2D eigenvalue weighted by atomic mass is 10.0. The Morgan fingerprint density at radius 2 is 2.00 bits per heavy atom. The lowest BCUT2D eigenvalue weighted by molar-refractivity contribution is 0.0555. The van der Waals surface area contributed by atoms with Gasteiger partial charge in [0.15, 0.2) is 5.82 Å². The standard InChI is InChI=1S/C22H24N4O3/c27-22(18-10-4-6-13-23-18)26-14-7-5-11-19(26)21-24-20(25-29-21)12-15-28-16-17-8-2-1-3-9-17/h1-4,6,8-10,13,19H,5,7,11-12,14-16H2. The Morgan fingerprint density at radius 1 is 1.14 bits per heavy atom. The fourth-order valence-corrected chi connectivity index (χ4v) is 3.50. The van der Waals surface area contributed by atoms with Crippen molar-refractivity contribution in [2.45, 2.75) is 38.3 Å². The maximum absolute atomic E-state index is 12.9. The predicted octanol–water partition coefficient (Wildman–Crippen LogP) is 3.59. The third-order valence-electron chi connectivity index (χ3n) is 5.00. The van der Waals surface area contributed by atoms with Gasteiger partial charge in [-0.2, -0.15) is 4.98 Å². The van der Waals surface area contributed by atoms with E-state index >= 15 is 0 Å². The fourth-order valence-electron chi connectivity index (χ4n) is 3.50. The van der Waals surface area contributed by atoms with Gasteiger partial charge in [0.2, 0.25) is 5.89 Å². The van der Waals surface area contributed by atoms with Gasteiger partial charge in [0.25, 0.3) is 5.91 Å². The number of hydrogen-bond acceptors (Lipinski definition) is 6. The zero-order valence-electron chi connectivity index (χ0n) is 16.2. The van der Waals surface area contributed by atoms with Crippen molar-refractivity contribution in [3.63, 3.8) is 0 Å². The van der Waals surface area contributed by atoms with E-state index < -0.39 is 0 Å². The minimum absolute atomic E-state index is 0.0961. The van der Waals surface area contributed by atoms with Crippen LogP contribution in [0.4, 0.5) is 0 Å². The molecule has 1 saturated heterocycles. The highest BCUT2D eigenvalue weighted by atomic mass is 16.5. The van der Waals surface area contributed by atoms with Crippen LogP contribution < -0.4 is 0 Å². The zero-order valence-corrected chi connectivity index (χ0v) is 16.2. The molecule has 0 saturated carbocycles. The molecule has 1 aromatic carbocycles. The van der Waals surface area contributed by atoms with Gasteiger partial charge < -0.3 is 14.2 Å². The van der Waals surface area contributed by atoms with Crippen molar-refractivity contribution in [2.75, 3.05) is 13.2 Å². The lowest BCUT2D eigenvalue weighted by Crippen LogP contribution is -2.39. The van der Waals surface area contributed by atoms with Crippen LogP contribution in [0.1, 0.15) is 53.1 Å². The number of hydrogen-bond donors (Lipinski definition) is 0. The molecule has 0 N–H and O–H groups in total. The SMILES string of the molecule is O=C(c1ccccn1)N1CCCCC1c1nc(CCOCc2ccccc2)no1. The van der Waals surface area contributed by atoms with E-state index in [4.69, 9.17) is 9.26 Å². The molecule has 0 aliphatic carbocycles. The van der Waals surface area contributed by atoms with Crippen molar-refractivity contribution in [2.24, 2.45) is 0 Å². The number of benzene rings is 1. The molecule has 3 aromatic rings. The van der Waals surface area contributed by atoms with Gasteiger partial charge in [-0.3, -0.25) is 9.78 Å². The number of nitrogens with zero attached hydrogens (tertiary/aromatic N) is 4. The highest BCUT2D eigenvalue weighted by Crippen LogP contribution is 2.31. The van der Waals surface area contributed by atoms with E-state index in [1.165, 1.54) is 0 Å². The quantitative estimate of drug-likeness (QED) is 0.572. The van der Waals surface area contributed by atoms with E-state index in [1.54, 1.807) is 23.2 Å². The molecule has 7 nitrogen and oxygen atoms in total. The average Bonchev–Trinajstić information content (AvgIpc) is 3.26. The van der Waals surface area contributed by atoms with E-state index in [9.17, 15) is 4.79 Å². The highest BCUT2D eigenvalue weighted by molar-refractivity contribution is 5.92. The first-order valence-corrected chi connectivity index (χ1v) is 9.97. The van der Waals surface area contributed by atoms with Crippen molar-refractivity contribution >= 4 is 5.91 Å². The van der Waals surface area contributed by atoms with Gasteiger partial charge >= 0.3 is 0 Å². The Bertz CT molecular complexity index is 914. The predicted molar refractivity (Wildman–Crippen MR) is 106 cm³/mol. The summed E-state index contributed by atoms with van der Waals surface area (Å²) in [5, 5.41) is 4.08. The number of aromatic nitrogens is 3. The summed E-state index contributed by atoms with van der Waals surface area (Å²) in [6.45, 7) is 1.73. The molecule has 3 heterocycles. The minimum Gasteiger partial charge on any atom is -0.376 e. The summed E-state index contributed by atoms with van der Waals surface area (Å²) >= 11 is 0. The van der Waals surface area contributed by atoms with Crippen LogP contribution in [0, 0.1) is 0 Å². The molecular formula is C22H24N4O3. The lowest BCUT2D eigenvalue weighted by Gasteiger charge is -2.33. The second kappa shape index (κ2) is 9.43. The second-order valence-electron chi connectivity index (χ2n) is 7.06. The van der Waals surface area contributed by atoms with Crippen LogP contribution in [0.5, 0.6) is 0 Å². The smallest absolute Gasteiger partial charge is 0.273 e. The van der Waals surface area contributed by atoms with Crippen molar-refractivity contribution < 1.29 is 14.1 Å². The van der Waals surface area contributed by atoms with Crippen LogP contribution >= 0.6 is 0 Å². The minimum atomic E-state index is -0.204. The first-order chi connectivity index (χ1) is 14.3. The molecule has 1 aliphatic heterocycles. The van der Waals surface area contributed by atoms with Gasteiger partial charge in [-0.1, -0.05) is 41.6 Å². The summed E-state index contributed by atoms with van der Waals surface area (Å²) in [5.41, 5.74) is 1.57. The Morgan fingerprint density at radius 3 is 2.83 bits per heavy atom. The highest BCUT2D eigenvalue weighted by Gasteiger charge is 2.33. The molecule has 0 radical (unpaired) electrons. The first kappa shape index (κ1) is 19.3. The summed E-state index contributed by atoms with van der Waals surface area (Å²) in [5.74, 6) is 0.997. The number of amides is 1. The molecule has 2 aromatic heterocycles. The normalized spacial score (nSPS) is 16.7. The Hall–Kier alpha value is -3.06. The molecule has 0 bridgehead atoms. The summed E-state index contributed by atoms with van der Waals surface area (Å²) in [7, 11) is 0. The Labute approximate surface area is 169 Å². The molecule has 1 atom stereocenters. The van der Waals surface area contributed by atoms with E-state index in [-0.39, 0.29) is 11.9 Å². The summed E-state index contributed by atoms with van der Waals surface area (Å²) in [4.78, 5) is 23.4. The summed E-state index contributed by atoms with van der Waals surface area (Å²) in [6, 6.07) is 15.2. The van der Waals surface area contributed by atoms with Gasteiger partial charge in [0.1, 0.15) is 11.7 Å². The molecule has 1 fully saturated rings. The number of carbonyl (C=O) groups excluding carboxylic acids is 1. The average molecular weight is 392 g/mol. The van der Waals surface area contributed by atoms with Gasteiger partial charge in [0.05, 0.1) is 13.2 Å². The van der Waals surface area contributed by atoms with Crippen molar-refractivity contribution in [3.8, 4) is 0 Å². The summed E-state index contributed by atoms with van der Waals surface area (Å²) < 4.78 is 11.2. The largest absolute Gasteiger partial charge is 0.376 e.